The number of non-ortho nitro benzene ring substituents is 1. The molecule has 0 bridgehead atoms. The van der Waals surface area contributed by atoms with Gasteiger partial charge in [0.25, 0.3) is 5.69 Å². The highest BCUT2D eigenvalue weighted by molar-refractivity contribution is 6.22. The van der Waals surface area contributed by atoms with E-state index in [1.54, 1.807) is 12.2 Å². The van der Waals surface area contributed by atoms with Gasteiger partial charge in [0.1, 0.15) is 5.71 Å². The summed E-state index contributed by atoms with van der Waals surface area (Å²) in [6.07, 6.45) is 3.16. The first-order valence-electron chi connectivity index (χ1n) is 8.27. The van der Waals surface area contributed by atoms with E-state index in [1.807, 2.05) is 27.7 Å². The molecule has 1 aromatic carbocycles. The average molecular weight is 373 g/mol. The molecule has 0 heterocycles. The van der Waals surface area contributed by atoms with Gasteiger partial charge >= 0.3 is 5.69 Å². The van der Waals surface area contributed by atoms with Crippen LogP contribution < -0.4 is 4.84 Å². The molecule has 0 saturated heterocycles. The second kappa shape index (κ2) is 7.90. The maximum atomic E-state index is 12.5. The highest BCUT2D eigenvalue weighted by Crippen LogP contribution is 2.31. The van der Waals surface area contributed by atoms with Crippen LogP contribution in [0.1, 0.15) is 27.7 Å². The lowest BCUT2D eigenvalue weighted by molar-refractivity contribution is -0.394. The van der Waals surface area contributed by atoms with E-state index in [2.05, 4.69) is 5.16 Å². The number of rotatable bonds is 6. The molecule has 9 heteroatoms. The number of oxime groups is 1. The Labute approximate surface area is 155 Å². The zero-order valence-electron chi connectivity index (χ0n) is 15.3. The molecule has 0 aliphatic heterocycles. The van der Waals surface area contributed by atoms with Crippen LogP contribution >= 0.6 is 0 Å². The first kappa shape index (κ1) is 20.0. The van der Waals surface area contributed by atoms with E-state index in [1.165, 1.54) is 0 Å². The topological polar surface area (TPSA) is 125 Å². The van der Waals surface area contributed by atoms with Crippen molar-refractivity contribution in [3.05, 3.63) is 61.7 Å². The maximum Gasteiger partial charge on any atom is 0.321 e. The minimum Gasteiger partial charge on any atom is -0.349 e. The number of hydrogen-bond acceptors (Lipinski definition) is 7. The van der Waals surface area contributed by atoms with Crippen molar-refractivity contribution in [2.24, 2.45) is 17.0 Å². The van der Waals surface area contributed by atoms with Gasteiger partial charge in [-0.15, -0.1) is 0 Å². The molecule has 0 amide bonds. The third-order valence-corrected chi connectivity index (χ3v) is 3.97. The molecule has 27 heavy (non-hydrogen) atoms. The molecular formula is C18H19N3O6. The summed E-state index contributed by atoms with van der Waals surface area (Å²) >= 11 is 0. The summed E-state index contributed by atoms with van der Waals surface area (Å²) in [4.78, 5) is 38.1. The number of nitro groups is 2. The van der Waals surface area contributed by atoms with E-state index in [-0.39, 0.29) is 23.4 Å². The molecule has 1 aromatic rings. The Bertz CT molecular complexity index is 866. The lowest BCUT2D eigenvalue weighted by atomic mass is 9.84. The fourth-order valence-electron chi connectivity index (χ4n) is 2.51. The number of ketones is 1. The van der Waals surface area contributed by atoms with Crippen molar-refractivity contribution in [2.45, 2.75) is 27.7 Å². The molecule has 0 fully saturated rings. The van der Waals surface area contributed by atoms with E-state index in [0.717, 1.165) is 18.2 Å². The van der Waals surface area contributed by atoms with Gasteiger partial charge in [-0.1, -0.05) is 32.9 Å². The van der Waals surface area contributed by atoms with Crippen molar-refractivity contribution < 1.29 is 19.5 Å². The summed E-state index contributed by atoms with van der Waals surface area (Å²) in [6, 6.07) is 3.02. The van der Waals surface area contributed by atoms with Gasteiger partial charge in [0, 0.05) is 17.2 Å². The van der Waals surface area contributed by atoms with Gasteiger partial charge in [0.05, 0.1) is 15.9 Å². The average Bonchev–Trinajstić information content (AvgIpc) is 2.59. The smallest absolute Gasteiger partial charge is 0.321 e. The zero-order chi connectivity index (χ0) is 20.3. The van der Waals surface area contributed by atoms with E-state index < -0.39 is 21.2 Å². The molecule has 0 saturated carbocycles. The van der Waals surface area contributed by atoms with E-state index in [0.29, 0.717) is 16.9 Å². The first-order valence-corrected chi connectivity index (χ1v) is 8.27. The van der Waals surface area contributed by atoms with Crippen LogP contribution in [-0.4, -0.2) is 21.3 Å². The maximum absolute atomic E-state index is 12.5. The van der Waals surface area contributed by atoms with Crippen molar-refractivity contribution in [1.82, 2.24) is 0 Å². The Kier molecular flexibility index (Phi) is 5.84. The summed E-state index contributed by atoms with van der Waals surface area (Å²) in [5.74, 6) is -0.341. The van der Waals surface area contributed by atoms with Crippen molar-refractivity contribution in [3.63, 3.8) is 0 Å². The summed E-state index contributed by atoms with van der Waals surface area (Å²) in [6.45, 7) is 7.53. The number of nitro benzene ring substituents is 2. The van der Waals surface area contributed by atoms with E-state index >= 15 is 0 Å². The van der Waals surface area contributed by atoms with Crippen molar-refractivity contribution in [2.75, 3.05) is 0 Å². The fraction of sp³-hybridized carbons (Fsp3) is 0.333. The standard InChI is InChI=1S/C18H19N3O6/c1-10(2)14-7-12(8-15(11(3)4)18(14)22)19-27-17-6-5-13(20(23)24)9-16(17)21(25)26/h5-11H,1-4H3. The summed E-state index contributed by atoms with van der Waals surface area (Å²) in [7, 11) is 0. The molecule has 1 aliphatic rings. The second-order valence-electron chi connectivity index (χ2n) is 6.61. The molecular weight excluding hydrogens is 354 g/mol. The Morgan fingerprint density at radius 1 is 0.963 bits per heavy atom. The third-order valence-electron chi connectivity index (χ3n) is 3.97. The van der Waals surface area contributed by atoms with Crippen LogP contribution in [0.2, 0.25) is 0 Å². The molecule has 1 aliphatic carbocycles. The number of benzene rings is 1. The van der Waals surface area contributed by atoms with Gasteiger partial charge < -0.3 is 4.84 Å². The number of nitrogens with zero attached hydrogens (tertiary/aromatic N) is 3. The summed E-state index contributed by atoms with van der Waals surface area (Å²) < 4.78 is 0. The molecule has 0 aromatic heterocycles. The minimum absolute atomic E-state index is 0.0288. The van der Waals surface area contributed by atoms with Crippen LogP contribution in [0.25, 0.3) is 0 Å². The van der Waals surface area contributed by atoms with Crippen LogP contribution in [0, 0.1) is 32.1 Å². The van der Waals surface area contributed by atoms with Crippen LogP contribution in [0.15, 0.2) is 46.7 Å². The summed E-state index contributed by atoms with van der Waals surface area (Å²) in [5, 5.41) is 25.9. The van der Waals surface area contributed by atoms with Gasteiger partial charge in [0.2, 0.25) is 5.75 Å². The largest absolute Gasteiger partial charge is 0.349 e. The molecule has 0 N–H and O–H groups in total. The van der Waals surface area contributed by atoms with E-state index in [9.17, 15) is 25.0 Å². The monoisotopic (exact) mass is 373 g/mol. The highest BCUT2D eigenvalue weighted by atomic mass is 16.7. The highest BCUT2D eigenvalue weighted by Gasteiger charge is 2.25. The SMILES string of the molecule is CC(C)C1=CC(=NOc2ccc([N+](=O)[O-])cc2[N+](=O)[O-])C=C(C(C)C)C1=O. The third kappa shape index (κ3) is 4.43. The number of carbonyl (C=O) groups is 1. The predicted molar refractivity (Wildman–Crippen MR) is 98.7 cm³/mol. The Hall–Kier alpha value is -3.36. The normalized spacial score (nSPS) is 14.1. The second-order valence-corrected chi connectivity index (χ2v) is 6.61. The molecule has 9 nitrogen and oxygen atoms in total. The van der Waals surface area contributed by atoms with Gasteiger partial charge in [-0.25, -0.2) is 0 Å². The molecule has 0 unspecified atom stereocenters. The van der Waals surface area contributed by atoms with Gasteiger partial charge in [-0.3, -0.25) is 25.0 Å². The molecule has 0 atom stereocenters. The van der Waals surface area contributed by atoms with Crippen LogP contribution in [-0.2, 0) is 4.79 Å². The Morgan fingerprint density at radius 3 is 1.96 bits per heavy atom. The number of carbonyl (C=O) groups excluding carboxylic acids is 1. The number of allylic oxidation sites excluding steroid dienone is 4. The molecule has 0 spiro atoms. The fourth-order valence-corrected chi connectivity index (χ4v) is 2.51. The van der Waals surface area contributed by atoms with Gasteiger partial charge in [-0.2, -0.15) is 0 Å². The van der Waals surface area contributed by atoms with Crippen molar-refractivity contribution in [1.29, 1.82) is 0 Å². The molecule has 2 rings (SSSR count). The van der Waals surface area contributed by atoms with Crippen molar-refractivity contribution in [3.8, 4) is 5.75 Å². The van der Waals surface area contributed by atoms with Crippen LogP contribution in [0.4, 0.5) is 11.4 Å². The van der Waals surface area contributed by atoms with Gasteiger partial charge in [0.15, 0.2) is 5.78 Å². The number of Topliss-reactive ketones (excluding diaryl/α,β-unsaturated/α-hetero) is 1. The predicted octanol–water partition coefficient (Wildman–Crippen LogP) is 3.99. The van der Waals surface area contributed by atoms with Crippen molar-refractivity contribution >= 4 is 22.9 Å². The Morgan fingerprint density at radius 2 is 1.52 bits per heavy atom. The van der Waals surface area contributed by atoms with Gasteiger partial charge in [-0.05, 0) is 30.1 Å². The number of hydrogen-bond donors (Lipinski definition) is 0. The quantitative estimate of drug-likeness (QED) is 0.422. The Balaban J connectivity index is 2.42. The lowest BCUT2D eigenvalue weighted by Gasteiger charge is -2.19. The molecule has 0 radical (unpaired) electrons. The van der Waals surface area contributed by atoms with Crippen LogP contribution in [0.3, 0.4) is 0 Å². The van der Waals surface area contributed by atoms with E-state index in [4.69, 9.17) is 4.84 Å². The van der Waals surface area contributed by atoms with Crippen LogP contribution in [0.5, 0.6) is 5.75 Å². The minimum atomic E-state index is -0.780. The lowest BCUT2D eigenvalue weighted by Crippen LogP contribution is -2.21. The zero-order valence-corrected chi connectivity index (χ0v) is 15.3. The summed E-state index contributed by atoms with van der Waals surface area (Å²) in [5.41, 5.74) is 0.494. The molecule has 142 valence electrons. The first-order chi connectivity index (χ1) is 12.6.